The molecule has 0 aromatic heterocycles. The Hall–Kier alpha value is -1.00. The highest BCUT2D eigenvalue weighted by Gasteiger charge is 2.28. The van der Waals surface area contributed by atoms with Crippen molar-refractivity contribution in [3.05, 3.63) is 22.7 Å². The molecule has 0 fully saturated rings. The first-order chi connectivity index (χ1) is 7.46. The van der Waals surface area contributed by atoms with Gasteiger partial charge in [-0.2, -0.15) is 0 Å². The maximum absolute atomic E-state index is 14.1. The average Bonchev–Trinajstić information content (AvgIpc) is 2.28. The second-order valence-corrected chi connectivity index (χ2v) is 4.00. The summed E-state index contributed by atoms with van der Waals surface area (Å²) in [7, 11) is 2.97. The van der Waals surface area contributed by atoms with E-state index in [1.165, 1.54) is 33.3 Å². The van der Waals surface area contributed by atoms with Crippen LogP contribution >= 0.6 is 11.6 Å². The predicted octanol–water partition coefficient (Wildman–Crippen LogP) is 2.50. The number of benzene rings is 1. The van der Waals surface area contributed by atoms with Crippen LogP contribution in [-0.2, 0) is 5.67 Å². The lowest BCUT2D eigenvalue weighted by Crippen LogP contribution is -2.27. The van der Waals surface area contributed by atoms with Gasteiger partial charge in [0, 0.05) is 18.2 Å². The highest BCUT2D eigenvalue weighted by Crippen LogP contribution is 2.39. The first-order valence-electron chi connectivity index (χ1n) is 4.77. The van der Waals surface area contributed by atoms with Crippen LogP contribution in [0.2, 0.25) is 5.02 Å². The normalized spacial score (nSPS) is 14.4. The number of alkyl halides is 1. The molecule has 1 unspecified atom stereocenters. The maximum Gasteiger partial charge on any atom is 0.162 e. The molecule has 1 rings (SSSR count). The fourth-order valence-corrected chi connectivity index (χ4v) is 1.71. The molecular weight excluding hydrogens is 233 g/mol. The largest absolute Gasteiger partial charge is 0.493 e. The van der Waals surface area contributed by atoms with E-state index in [0.717, 1.165) is 0 Å². The predicted molar refractivity (Wildman–Crippen MR) is 62.1 cm³/mol. The molecule has 3 nitrogen and oxygen atoms in total. The van der Waals surface area contributed by atoms with Crippen LogP contribution in [0.4, 0.5) is 4.39 Å². The minimum absolute atomic E-state index is 0.151. The van der Waals surface area contributed by atoms with Crippen molar-refractivity contribution in [2.45, 2.75) is 12.6 Å². The molecule has 0 aliphatic heterocycles. The fourth-order valence-electron chi connectivity index (χ4n) is 1.36. The molecule has 1 aromatic rings. The zero-order chi connectivity index (χ0) is 12.3. The van der Waals surface area contributed by atoms with E-state index in [1.54, 1.807) is 0 Å². The molecule has 1 atom stereocenters. The molecule has 1 aromatic carbocycles. The number of rotatable bonds is 4. The van der Waals surface area contributed by atoms with E-state index in [0.29, 0.717) is 17.1 Å². The first-order valence-corrected chi connectivity index (χ1v) is 5.15. The Morgan fingerprint density at radius 3 is 2.25 bits per heavy atom. The third kappa shape index (κ3) is 2.39. The number of hydrogen-bond donors (Lipinski definition) is 1. The van der Waals surface area contributed by atoms with Gasteiger partial charge in [0.25, 0.3) is 0 Å². The molecule has 0 saturated heterocycles. The number of halogens is 2. The van der Waals surface area contributed by atoms with E-state index in [2.05, 4.69) is 0 Å². The molecule has 0 bridgehead atoms. The zero-order valence-electron chi connectivity index (χ0n) is 9.51. The summed E-state index contributed by atoms with van der Waals surface area (Å²) in [6.07, 6.45) is 0. The molecule has 16 heavy (non-hydrogen) atoms. The van der Waals surface area contributed by atoms with E-state index >= 15 is 0 Å². The van der Waals surface area contributed by atoms with Crippen LogP contribution < -0.4 is 15.2 Å². The Kier molecular flexibility index (Phi) is 3.99. The summed E-state index contributed by atoms with van der Waals surface area (Å²) in [6, 6.07) is 3.03. The lowest BCUT2D eigenvalue weighted by molar-refractivity contribution is 0.202. The highest BCUT2D eigenvalue weighted by molar-refractivity contribution is 6.31. The summed E-state index contributed by atoms with van der Waals surface area (Å²) in [5.41, 5.74) is 3.98. The van der Waals surface area contributed by atoms with Crippen LogP contribution in [0.3, 0.4) is 0 Å². The summed E-state index contributed by atoms with van der Waals surface area (Å²) in [4.78, 5) is 0. The number of hydrogen-bond acceptors (Lipinski definition) is 3. The van der Waals surface area contributed by atoms with E-state index in [-0.39, 0.29) is 11.6 Å². The van der Waals surface area contributed by atoms with Crippen molar-refractivity contribution >= 4 is 11.6 Å². The van der Waals surface area contributed by atoms with Gasteiger partial charge in [-0.3, -0.25) is 0 Å². The van der Waals surface area contributed by atoms with Crippen molar-refractivity contribution in [2.75, 3.05) is 20.8 Å². The second-order valence-electron chi connectivity index (χ2n) is 3.59. The molecule has 0 saturated carbocycles. The second kappa shape index (κ2) is 4.89. The highest BCUT2D eigenvalue weighted by atomic mass is 35.5. The topological polar surface area (TPSA) is 44.5 Å². The Morgan fingerprint density at radius 1 is 1.31 bits per heavy atom. The third-order valence-corrected chi connectivity index (χ3v) is 2.73. The van der Waals surface area contributed by atoms with Crippen molar-refractivity contribution in [2.24, 2.45) is 5.73 Å². The molecule has 0 aliphatic rings. The van der Waals surface area contributed by atoms with Gasteiger partial charge < -0.3 is 15.2 Å². The molecule has 5 heteroatoms. The van der Waals surface area contributed by atoms with Gasteiger partial charge in [-0.05, 0) is 13.0 Å². The van der Waals surface area contributed by atoms with Crippen molar-refractivity contribution in [1.82, 2.24) is 0 Å². The lowest BCUT2D eigenvalue weighted by atomic mass is 9.97. The molecule has 0 spiro atoms. The van der Waals surface area contributed by atoms with Gasteiger partial charge in [0.05, 0.1) is 19.2 Å². The Balaban J connectivity index is 3.32. The minimum atomic E-state index is -1.68. The van der Waals surface area contributed by atoms with Crippen LogP contribution in [0.15, 0.2) is 12.1 Å². The van der Waals surface area contributed by atoms with Crippen LogP contribution in [0, 0.1) is 0 Å². The number of ether oxygens (including phenoxy) is 2. The molecular formula is C11H15ClFNO2. The molecule has 0 heterocycles. The standard InChI is InChI=1S/C11H15ClFNO2/c1-11(13,6-14)7-4-9(15-2)10(16-3)5-8(7)12/h4-5H,6,14H2,1-3H3. The minimum Gasteiger partial charge on any atom is -0.493 e. The first kappa shape index (κ1) is 13.1. The Labute approximate surface area is 99.3 Å². The van der Waals surface area contributed by atoms with Crippen LogP contribution in [0.5, 0.6) is 11.5 Å². The molecule has 0 amide bonds. The van der Waals surface area contributed by atoms with Gasteiger partial charge >= 0.3 is 0 Å². The van der Waals surface area contributed by atoms with Crippen molar-refractivity contribution in [3.8, 4) is 11.5 Å². The van der Waals surface area contributed by atoms with Gasteiger partial charge in [-0.15, -0.1) is 0 Å². The monoisotopic (exact) mass is 247 g/mol. The molecule has 2 N–H and O–H groups in total. The summed E-state index contributed by atoms with van der Waals surface area (Å²) in [5.74, 6) is 0.892. The van der Waals surface area contributed by atoms with Gasteiger partial charge in [0.2, 0.25) is 0 Å². The van der Waals surface area contributed by atoms with E-state index in [1.807, 2.05) is 0 Å². The molecule has 0 aliphatic carbocycles. The van der Waals surface area contributed by atoms with E-state index in [4.69, 9.17) is 26.8 Å². The smallest absolute Gasteiger partial charge is 0.162 e. The fraction of sp³-hybridized carbons (Fsp3) is 0.455. The van der Waals surface area contributed by atoms with Gasteiger partial charge in [0.1, 0.15) is 5.67 Å². The van der Waals surface area contributed by atoms with Crippen LogP contribution in [0.25, 0.3) is 0 Å². The van der Waals surface area contributed by atoms with E-state index in [9.17, 15) is 4.39 Å². The van der Waals surface area contributed by atoms with Crippen molar-refractivity contribution in [3.63, 3.8) is 0 Å². The quantitative estimate of drug-likeness (QED) is 0.889. The number of methoxy groups -OCH3 is 2. The summed E-state index contributed by atoms with van der Waals surface area (Å²) < 4.78 is 24.2. The summed E-state index contributed by atoms with van der Waals surface area (Å²) in [5, 5.41) is 0.271. The van der Waals surface area contributed by atoms with Crippen LogP contribution in [-0.4, -0.2) is 20.8 Å². The Bertz CT molecular complexity index is 382. The number of nitrogens with two attached hydrogens (primary N) is 1. The van der Waals surface area contributed by atoms with Crippen molar-refractivity contribution in [1.29, 1.82) is 0 Å². The SMILES string of the molecule is COc1cc(Cl)c(C(C)(F)CN)cc1OC. The lowest BCUT2D eigenvalue weighted by Gasteiger charge is -2.21. The van der Waals surface area contributed by atoms with Gasteiger partial charge in [-0.25, -0.2) is 4.39 Å². The zero-order valence-corrected chi connectivity index (χ0v) is 10.3. The Morgan fingerprint density at radius 2 is 1.81 bits per heavy atom. The van der Waals surface area contributed by atoms with Gasteiger partial charge in [-0.1, -0.05) is 11.6 Å². The molecule has 90 valence electrons. The maximum atomic E-state index is 14.1. The van der Waals surface area contributed by atoms with Gasteiger partial charge in [0.15, 0.2) is 11.5 Å². The van der Waals surface area contributed by atoms with E-state index < -0.39 is 5.67 Å². The molecule has 0 radical (unpaired) electrons. The summed E-state index contributed by atoms with van der Waals surface area (Å²) >= 11 is 5.97. The van der Waals surface area contributed by atoms with Crippen molar-refractivity contribution < 1.29 is 13.9 Å². The third-order valence-electron chi connectivity index (χ3n) is 2.42. The average molecular weight is 248 g/mol. The van der Waals surface area contributed by atoms with Crippen LogP contribution in [0.1, 0.15) is 12.5 Å². The summed E-state index contributed by atoms with van der Waals surface area (Å²) in [6.45, 7) is 1.22.